The number of nitrogens with one attached hydrogen (secondary N) is 1. The lowest BCUT2D eigenvalue weighted by molar-refractivity contribution is -0.153. The molecule has 1 fully saturated rings. The molecular weight excluding hydrogens is 408 g/mol. The fraction of sp³-hybridized carbons (Fsp3) is 0.400. The zero-order valence-electron chi connectivity index (χ0n) is 18.2. The van der Waals surface area contributed by atoms with Crippen molar-refractivity contribution in [1.82, 2.24) is 10.2 Å². The molecule has 168 valence electrons. The number of carboxylic acid groups (broad SMARTS) is 1. The van der Waals surface area contributed by atoms with E-state index >= 15 is 0 Å². The molecule has 0 radical (unpaired) electrons. The van der Waals surface area contributed by atoms with Crippen LogP contribution < -0.4 is 5.32 Å². The quantitative estimate of drug-likeness (QED) is 0.721. The van der Waals surface area contributed by atoms with Crippen LogP contribution in [0.2, 0.25) is 0 Å². The van der Waals surface area contributed by atoms with Gasteiger partial charge >= 0.3 is 12.1 Å². The Balaban J connectivity index is 1.24. The summed E-state index contributed by atoms with van der Waals surface area (Å²) in [5.74, 6) is -0.912. The standard InChI is InChI=1S/C25H28N2O5/c1-25(23(29)30)11-14-27(15-12-25)22(28)10-13-26-24(31)32-16-21-19-8-4-2-6-17(19)18-7-3-5-9-20(18)21/h2-9,21H,10-16H2,1H3,(H,26,31)(H,29,30). The molecule has 1 aliphatic heterocycles. The van der Waals surface area contributed by atoms with E-state index in [2.05, 4.69) is 29.6 Å². The molecule has 2 aromatic rings. The Morgan fingerprint density at radius 2 is 1.59 bits per heavy atom. The second-order valence-electron chi connectivity index (χ2n) is 8.75. The van der Waals surface area contributed by atoms with Gasteiger partial charge in [-0.3, -0.25) is 9.59 Å². The monoisotopic (exact) mass is 436 g/mol. The molecule has 0 atom stereocenters. The lowest BCUT2D eigenvalue weighted by Gasteiger charge is -2.36. The zero-order valence-corrected chi connectivity index (χ0v) is 18.2. The third kappa shape index (κ3) is 4.33. The van der Waals surface area contributed by atoms with Crippen LogP contribution in [0.5, 0.6) is 0 Å². The maximum atomic E-state index is 12.4. The fourth-order valence-corrected chi connectivity index (χ4v) is 4.54. The van der Waals surface area contributed by atoms with Gasteiger partial charge in [0.25, 0.3) is 0 Å². The van der Waals surface area contributed by atoms with Crippen LogP contribution in [0.25, 0.3) is 11.1 Å². The molecule has 4 rings (SSSR count). The summed E-state index contributed by atoms with van der Waals surface area (Å²) >= 11 is 0. The number of carbonyl (C=O) groups excluding carboxylic acids is 2. The number of fused-ring (bicyclic) bond motifs is 3. The van der Waals surface area contributed by atoms with Gasteiger partial charge in [-0.05, 0) is 42.0 Å². The second kappa shape index (κ2) is 9.02. The van der Waals surface area contributed by atoms with Gasteiger partial charge < -0.3 is 20.1 Å². The smallest absolute Gasteiger partial charge is 0.407 e. The summed E-state index contributed by atoms with van der Waals surface area (Å²) in [5.41, 5.74) is 3.87. The van der Waals surface area contributed by atoms with Crippen molar-refractivity contribution in [2.45, 2.75) is 32.1 Å². The SMILES string of the molecule is CC1(C(=O)O)CCN(C(=O)CCNC(=O)OCC2c3ccccc3-c3ccccc32)CC1. The minimum Gasteiger partial charge on any atom is -0.481 e. The van der Waals surface area contributed by atoms with Crippen molar-refractivity contribution in [3.63, 3.8) is 0 Å². The van der Waals surface area contributed by atoms with Crippen LogP contribution in [0, 0.1) is 5.41 Å². The molecular formula is C25H28N2O5. The highest BCUT2D eigenvalue weighted by atomic mass is 16.5. The van der Waals surface area contributed by atoms with Gasteiger partial charge in [0.2, 0.25) is 5.91 Å². The fourth-order valence-electron chi connectivity index (χ4n) is 4.54. The van der Waals surface area contributed by atoms with E-state index in [1.165, 1.54) is 11.1 Å². The van der Waals surface area contributed by atoms with E-state index in [1.54, 1.807) is 11.8 Å². The maximum absolute atomic E-state index is 12.4. The average molecular weight is 437 g/mol. The predicted molar refractivity (Wildman–Crippen MR) is 119 cm³/mol. The number of aliphatic carboxylic acids is 1. The summed E-state index contributed by atoms with van der Waals surface area (Å²) in [4.78, 5) is 37.6. The third-order valence-electron chi connectivity index (χ3n) is 6.69. The van der Waals surface area contributed by atoms with Gasteiger partial charge in [0, 0.05) is 32.0 Å². The van der Waals surface area contributed by atoms with E-state index in [0.717, 1.165) is 11.1 Å². The van der Waals surface area contributed by atoms with Crippen molar-refractivity contribution in [3.05, 3.63) is 59.7 Å². The molecule has 0 spiro atoms. The van der Waals surface area contributed by atoms with Crippen molar-refractivity contribution in [2.75, 3.05) is 26.2 Å². The predicted octanol–water partition coefficient (Wildman–Crippen LogP) is 3.63. The molecule has 2 aliphatic rings. The maximum Gasteiger partial charge on any atom is 0.407 e. The Morgan fingerprint density at radius 3 is 2.16 bits per heavy atom. The number of ether oxygens (including phenoxy) is 1. The molecule has 1 aliphatic carbocycles. The topological polar surface area (TPSA) is 95.9 Å². The van der Waals surface area contributed by atoms with Crippen molar-refractivity contribution < 1.29 is 24.2 Å². The molecule has 0 saturated carbocycles. The van der Waals surface area contributed by atoms with E-state index in [-0.39, 0.29) is 31.4 Å². The molecule has 0 aromatic heterocycles. The Morgan fingerprint density at radius 1 is 1.03 bits per heavy atom. The van der Waals surface area contributed by atoms with Crippen LogP contribution in [0.4, 0.5) is 4.79 Å². The number of hydrogen-bond acceptors (Lipinski definition) is 4. The highest BCUT2D eigenvalue weighted by molar-refractivity contribution is 5.80. The molecule has 2 amide bonds. The molecule has 7 heteroatoms. The van der Waals surface area contributed by atoms with Gasteiger partial charge in [-0.25, -0.2) is 4.79 Å². The Bertz CT molecular complexity index is 981. The molecule has 2 aromatic carbocycles. The number of nitrogens with zero attached hydrogens (tertiary/aromatic N) is 1. The first-order chi connectivity index (χ1) is 15.4. The Labute approximate surface area is 187 Å². The first-order valence-corrected chi connectivity index (χ1v) is 11.0. The minimum absolute atomic E-state index is 0.00771. The number of amides is 2. The number of piperidine rings is 1. The van der Waals surface area contributed by atoms with Gasteiger partial charge in [-0.2, -0.15) is 0 Å². The van der Waals surface area contributed by atoms with Gasteiger partial charge in [-0.15, -0.1) is 0 Å². The van der Waals surface area contributed by atoms with Crippen molar-refractivity contribution in [3.8, 4) is 11.1 Å². The number of hydrogen-bond donors (Lipinski definition) is 2. The molecule has 2 N–H and O–H groups in total. The second-order valence-corrected chi connectivity index (χ2v) is 8.75. The Hall–Kier alpha value is -3.35. The van der Waals surface area contributed by atoms with Gasteiger partial charge in [0.15, 0.2) is 0 Å². The van der Waals surface area contributed by atoms with Crippen molar-refractivity contribution in [2.24, 2.45) is 5.41 Å². The molecule has 1 heterocycles. The van der Waals surface area contributed by atoms with Crippen LogP contribution in [0.15, 0.2) is 48.5 Å². The van der Waals surface area contributed by atoms with E-state index in [4.69, 9.17) is 4.74 Å². The van der Waals surface area contributed by atoms with Crippen molar-refractivity contribution >= 4 is 18.0 Å². The first kappa shape index (κ1) is 21.9. The van der Waals surface area contributed by atoms with Crippen LogP contribution in [0.1, 0.15) is 43.2 Å². The lowest BCUT2D eigenvalue weighted by atomic mass is 9.80. The molecule has 32 heavy (non-hydrogen) atoms. The van der Waals surface area contributed by atoms with Gasteiger partial charge in [-0.1, -0.05) is 48.5 Å². The zero-order chi connectivity index (χ0) is 22.7. The number of rotatable bonds is 6. The minimum atomic E-state index is -0.818. The Kier molecular flexibility index (Phi) is 6.17. The van der Waals surface area contributed by atoms with Gasteiger partial charge in [0.1, 0.15) is 6.61 Å². The summed E-state index contributed by atoms with van der Waals surface area (Å²) in [6.45, 7) is 2.98. The normalized spacial score (nSPS) is 16.7. The third-order valence-corrected chi connectivity index (χ3v) is 6.69. The molecule has 0 bridgehead atoms. The van der Waals surface area contributed by atoms with Crippen LogP contribution in [0.3, 0.4) is 0 Å². The number of benzene rings is 2. The molecule has 7 nitrogen and oxygen atoms in total. The van der Waals surface area contributed by atoms with Crippen LogP contribution in [-0.2, 0) is 14.3 Å². The van der Waals surface area contributed by atoms with E-state index in [1.807, 2.05) is 24.3 Å². The number of carbonyl (C=O) groups is 3. The number of likely N-dealkylation sites (tertiary alicyclic amines) is 1. The lowest BCUT2D eigenvalue weighted by Crippen LogP contribution is -2.45. The molecule has 0 unspecified atom stereocenters. The highest BCUT2D eigenvalue weighted by Crippen LogP contribution is 2.44. The van der Waals surface area contributed by atoms with E-state index in [0.29, 0.717) is 25.9 Å². The summed E-state index contributed by atoms with van der Waals surface area (Å²) in [6.07, 6.45) is 0.493. The van der Waals surface area contributed by atoms with E-state index < -0.39 is 17.5 Å². The largest absolute Gasteiger partial charge is 0.481 e. The van der Waals surface area contributed by atoms with Crippen LogP contribution >= 0.6 is 0 Å². The average Bonchev–Trinajstić information content (AvgIpc) is 3.12. The summed E-state index contributed by atoms with van der Waals surface area (Å²) in [7, 11) is 0. The molecule has 1 saturated heterocycles. The van der Waals surface area contributed by atoms with Gasteiger partial charge in [0.05, 0.1) is 5.41 Å². The highest BCUT2D eigenvalue weighted by Gasteiger charge is 2.37. The number of alkyl carbamates (subject to hydrolysis) is 1. The summed E-state index contributed by atoms with van der Waals surface area (Å²) in [5, 5.41) is 12.0. The summed E-state index contributed by atoms with van der Waals surface area (Å²) in [6, 6.07) is 16.3. The van der Waals surface area contributed by atoms with Crippen molar-refractivity contribution in [1.29, 1.82) is 0 Å². The van der Waals surface area contributed by atoms with Crippen LogP contribution in [-0.4, -0.2) is 54.2 Å². The summed E-state index contributed by atoms with van der Waals surface area (Å²) < 4.78 is 5.48. The first-order valence-electron chi connectivity index (χ1n) is 11.0. The van der Waals surface area contributed by atoms with E-state index in [9.17, 15) is 19.5 Å². The number of carboxylic acids is 1.